The molecule has 2 aromatic carbocycles. The van der Waals surface area contributed by atoms with Gasteiger partial charge in [0, 0.05) is 26.2 Å². The molecular formula is C20H24N2O4. The molecule has 138 valence electrons. The first-order chi connectivity index (χ1) is 12.3. The summed E-state index contributed by atoms with van der Waals surface area (Å²) >= 11 is 0. The molecule has 0 atom stereocenters. The van der Waals surface area contributed by atoms with Crippen LogP contribution in [0.2, 0.25) is 0 Å². The molecule has 0 saturated carbocycles. The standard InChI is InChI=1S/C20H24N2O4/c1-21(2)19(23)13-22(3)12-14-5-7-15(8-6-14)17-10-9-16(20(24)25)11-18(17)26-4/h5-11H,12-13H2,1-4H3,(H,24,25). The molecule has 2 aromatic rings. The van der Waals surface area contributed by atoms with Crippen LogP contribution in [0.4, 0.5) is 0 Å². The highest BCUT2D eigenvalue weighted by Crippen LogP contribution is 2.31. The minimum atomic E-state index is -0.986. The third-order valence-electron chi connectivity index (χ3n) is 4.07. The van der Waals surface area contributed by atoms with Gasteiger partial charge in [-0.1, -0.05) is 24.3 Å². The second kappa shape index (κ2) is 8.49. The van der Waals surface area contributed by atoms with Crippen molar-refractivity contribution in [3.05, 3.63) is 53.6 Å². The summed E-state index contributed by atoms with van der Waals surface area (Å²) in [6, 6.07) is 12.8. The van der Waals surface area contributed by atoms with E-state index in [1.165, 1.54) is 13.2 Å². The van der Waals surface area contributed by atoms with Gasteiger partial charge in [-0.2, -0.15) is 0 Å². The number of carboxylic acid groups (broad SMARTS) is 1. The monoisotopic (exact) mass is 356 g/mol. The number of nitrogens with zero attached hydrogens (tertiary/aromatic N) is 2. The zero-order valence-electron chi connectivity index (χ0n) is 15.5. The van der Waals surface area contributed by atoms with Gasteiger partial charge in [0.1, 0.15) is 5.75 Å². The molecule has 6 heteroatoms. The minimum absolute atomic E-state index is 0.0624. The molecule has 0 bridgehead atoms. The Kier molecular flexibility index (Phi) is 6.36. The SMILES string of the molecule is COc1cc(C(=O)O)ccc1-c1ccc(CN(C)CC(=O)N(C)C)cc1. The maximum atomic E-state index is 11.8. The fourth-order valence-corrected chi connectivity index (χ4v) is 2.59. The maximum absolute atomic E-state index is 11.8. The van der Waals surface area contributed by atoms with Crippen LogP contribution in [0.3, 0.4) is 0 Å². The van der Waals surface area contributed by atoms with Gasteiger partial charge >= 0.3 is 5.97 Å². The van der Waals surface area contributed by atoms with Crippen molar-refractivity contribution in [3.8, 4) is 16.9 Å². The van der Waals surface area contributed by atoms with Crippen LogP contribution in [0.5, 0.6) is 5.75 Å². The van der Waals surface area contributed by atoms with Crippen molar-refractivity contribution in [3.63, 3.8) is 0 Å². The smallest absolute Gasteiger partial charge is 0.335 e. The molecule has 1 N–H and O–H groups in total. The molecule has 0 aromatic heterocycles. The molecule has 0 aliphatic carbocycles. The van der Waals surface area contributed by atoms with Gasteiger partial charge in [-0.15, -0.1) is 0 Å². The molecule has 0 aliphatic heterocycles. The topological polar surface area (TPSA) is 70.1 Å². The predicted molar refractivity (Wildman–Crippen MR) is 100 cm³/mol. The Morgan fingerprint density at radius 1 is 1.04 bits per heavy atom. The van der Waals surface area contributed by atoms with Crippen LogP contribution < -0.4 is 4.74 Å². The lowest BCUT2D eigenvalue weighted by Crippen LogP contribution is -2.34. The molecule has 0 heterocycles. The van der Waals surface area contributed by atoms with Crippen LogP contribution in [0.15, 0.2) is 42.5 Å². The van der Waals surface area contributed by atoms with E-state index in [1.807, 2.05) is 36.2 Å². The van der Waals surface area contributed by atoms with E-state index in [-0.39, 0.29) is 11.5 Å². The number of rotatable bonds is 7. The van der Waals surface area contributed by atoms with Crippen LogP contribution in [-0.2, 0) is 11.3 Å². The summed E-state index contributed by atoms with van der Waals surface area (Å²) in [5, 5.41) is 9.10. The van der Waals surface area contributed by atoms with Crippen molar-refractivity contribution in [2.75, 3.05) is 34.8 Å². The first kappa shape index (κ1) is 19.5. The number of hydrogen-bond acceptors (Lipinski definition) is 4. The van der Waals surface area contributed by atoms with Gasteiger partial charge in [0.05, 0.1) is 19.2 Å². The molecule has 0 aliphatic rings. The maximum Gasteiger partial charge on any atom is 0.335 e. The van der Waals surface area contributed by atoms with Crippen LogP contribution in [0.1, 0.15) is 15.9 Å². The van der Waals surface area contributed by atoms with E-state index < -0.39 is 5.97 Å². The second-order valence-electron chi connectivity index (χ2n) is 6.38. The first-order valence-corrected chi connectivity index (χ1v) is 8.21. The van der Waals surface area contributed by atoms with Crippen molar-refractivity contribution < 1.29 is 19.4 Å². The van der Waals surface area contributed by atoms with Crippen LogP contribution in [0.25, 0.3) is 11.1 Å². The number of carbonyl (C=O) groups is 2. The molecule has 0 radical (unpaired) electrons. The molecular weight excluding hydrogens is 332 g/mol. The van der Waals surface area contributed by atoms with Gasteiger partial charge in [0.25, 0.3) is 0 Å². The Labute approximate surface area is 153 Å². The van der Waals surface area contributed by atoms with Crippen molar-refractivity contribution in [1.82, 2.24) is 9.80 Å². The lowest BCUT2D eigenvalue weighted by molar-refractivity contribution is -0.129. The quantitative estimate of drug-likeness (QED) is 0.826. The largest absolute Gasteiger partial charge is 0.496 e. The average molecular weight is 356 g/mol. The zero-order valence-corrected chi connectivity index (χ0v) is 15.5. The van der Waals surface area contributed by atoms with Crippen LogP contribution in [0, 0.1) is 0 Å². The summed E-state index contributed by atoms with van der Waals surface area (Å²) in [7, 11) is 6.92. The van der Waals surface area contributed by atoms with E-state index in [9.17, 15) is 9.59 Å². The van der Waals surface area contributed by atoms with Crippen LogP contribution in [-0.4, -0.2) is 61.6 Å². The Hall–Kier alpha value is -2.86. The molecule has 1 amide bonds. The number of hydrogen-bond donors (Lipinski definition) is 1. The number of methoxy groups -OCH3 is 1. The van der Waals surface area contributed by atoms with Gasteiger partial charge in [-0.25, -0.2) is 4.79 Å². The average Bonchev–Trinajstić information content (AvgIpc) is 2.61. The Morgan fingerprint density at radius 3 is 2.23 bits per heavy atom. The van der Waals surface area contributed by atoms with E-state index in [2.05, 4.69) is 0 Å². The zero-order chi connectivity index (χ0) is 19.3. The highest BCUT2D eigenvalue weighted by atomic mass is 16.5. The van der Waals surface area contributed by atoms with Gasteiger partial charge in [0.2, 0.25) is 5.91 Å². The van der Waals surface area contributed by atoms with Gasteiger partial charge in [0.15, 0.2) is 0 Å². The second-order valence-corrected chi connectivity index (χ2v) is 6.38. The fourth-order valence-electron chi connectivity index (χ4n) is 2.59. The van der Waals surface area contributed by atoms with Gasteiger partial charge in [-0.05, 0) is 36.4 Å². The summed E-state index contributed by atoms with van der Waals surface area (Å²) < 4.78 is 5.34. The predicted octanol–water partition coefficient (Wildman–Crippen LogP) is 2.58. The highest BCUT2D eigenvalue weighted by Gasteiger charge is 2.12. The van der Waals surface area contributed by atoms with Crippen molar-refractivity contribution in [2.45, 2.75) is 6.54 Å². The Balaban J connectivity index is 2.14. The van der Waals surface area contributed by atoms with E-state index in [0.29, 0.717) is 18.8 Å². The molecule has 26 heavy (non-hydrogen) atoms. The Bertz CT molecular complexity index is 785. The molecule has 2 rings (SSSR count). The third-order valence-corrected chi connectivity index (χ3v) is 4.07. The number of ether oxygens (including phenoxy) is 1. The van der Waals surface area contributed by atoms with E-state index in [0.717, 1.165) is 16.7 Å². The number of aromatic carboxylic acids is 1. The molecule has 0 unspecified atom stereocenters. The number of likely N-dealkylation sites (N-methyl/N-ethyl adjacent to an activating group) is 2. The number of amides is 1. The lowest BCUT2D eigenvalue weighted by Gasteiger charge is -2.19. The Morgan fingerprint density at radius 2 is 1.69 bits per heavy atom. The summed E-state index contributed by atoms with van der Waals surface area (Å²) in [4.78, 5) is 26.4. The van der Waals surface area contributed by atoms with Crippen molar-refractivity contribution in [1.29, 1.82) is 0 Å². The molecule has 0 fully saturated rings. The number of benzene rings is 2. The van der Waals surface area contributed by atoms with Crippen LogP contribution >= 0.6 is 0 Å². The molecule has 0 spiro atoms. The first-order valence-electron chi connectivity index (χ1n) is 8.21. The fraction of sp³-hybridized carbons (Fsp3) is 0.300. The molecule has 0 saturated heterocycles. The van der Waals surface area contributed by atoms with Crippen molar-refractivity contribution in [2.24, 2.45) is 0 Å². The highest BCUT2D eigenvalue weighted by molar-refractivity contribution is 5.89. The van der Waals surface area contributed by atoms with E-state index in [1.54, 1.807) is 31.1 Å². The number of carbonyl (C=O) groups excluding carboxylic acids is 1. The summed E-state index contributed by atoms with van der Waals surface area (Å²) in [5.41, 5.74) is 3.05. The number of carboxylic acids is 1. The summed E-state index contributed by atoms with van der Waals surface area (Å²) in [6.45, 7) is 1.02. The van der Waals surface area contributed by atoms with Gasteiger partial charge in [-0.3, -0.25) is 9.69 Å². The summed E-state index contributed by atoms with van der Waals surface area (Å²) in [5.74, 6) is -0.403. The van der Waals surface area contributed by atoms with Gasteiger partial charge < -0.3 is 14.7 Å². The van der Waals surface area contributed by atoms with E-state index >= 15 is 0 Å². The summed E-state index contributed by atoms with van der Waals surface area (Å²) in [6.07, 6.45) is 0. The third kappa shape index (κ3) is 4.83. The normalized spacial score (nSPS) is 10.7. The molecule has 6 nitrogen and oxygen atoms in total. The van der Waals surface area contributed by atoms with E-state index in [4.69, 9.17) is 9.84 Å². The van der Waals surface area contributed by atoms with Crippen molar-refractivity contribution >= 4 is 11.9 Å². The minimum Gasteiger partial charge on any atom is -0.496 e. The lowest BCUT2D eigenvalue weighted by atomic mass is 10.0.